The van der Waals surface area contributed by atoms with Gasteiger partial charge in [0.05, 0.1) is 0 Å². The van der Waals surface area contributed by atoms with Crippen molar-refractivity contribution in [3.8, 4) is 0 Å². The molecule has 122 valence electrons. The fraction of sp³-hybridized carbons (Fsp3) is 0.562. The highest BCUT2D eigenvalue weighted by molar-refractivity contribution is 7.84. The summed E-state index contributed by atoms with van der Waals surface area (Å²) in [5.41, 5.74) is 1.05. The molecule has 2 amide bonds. The molecule has 0 aliphatic carbocycles. The molecular formula is C16H24N2O3S. The fourth-order valence-corrected chi connectivity index (χ4v) is 3.65. The van der Waals surface area contributed by atoms with Gasteiger partial charge in [0, 0.05) is 48.5 Å². The monoisotopic (exact) mass is 324 g/mol. The molecule has 0 radical (unpaired) electrons. The number of nitrogens with zero attached hydrogens (tertiary/aromatic N) is 1. The van der Waals surface area contributed by atoms with Gasteiger partial charge in [-0.25, -0.2) is 4.79 Å². The SMILES string of the molecule is O=C(NCCS(=O)Cc1ccccc1)N1CCCC(CO)C1. The molecule has 2 atom stereocenters. The van der Waals surface area contributed by atoms with Crippen LogP contribution in [0.25, 0.3) is 0 Å². The van der Waals surface area contributed by atoms with Crippen LogP contribution in [0.15, 0.2) is 30.3 Å². The molecule has 2 rings (SSSR count). The summed E-state index contributed by atoms with van der Waals surface area (Å²) >= 11 is 0. The number of rotatable bonds is 6. The lowest BCUT2D eigenvalue weighted by atomic mass is 9.99. The molecule has 2 unspecified atom stereocenters. The summed E-state index contributed by atoms with van der Waals surface area (Å²) in [6, 6.07) is 9.60. The quantitative estimate of drug-likeness (QED) is 0.830. The molecule has 1 saturated heterocycles. The van der Waals surface area contributed by atoms with Crippen LogP contribution in [-0.2, 0) is 16.6 Å². The highest BCUT2D eigenvalue weighted by Crippen LogP contribution is 2.15. The molecule has 0 spiro atoms. The molecule has 1 aromatic carbocycles. The molecule has 1 heterocycles. The Labute approximate surface area is 134 Å². The molecule has 1 fully saturated rings. The van der Waals surface area contributed by atoms with Crippen LogP contribution in [0.3, 0.4) is 0 Å². The molecular weight excluding hydrogens is 300 g/mol. The summed E-state index contributed by atoms with van der Waals surface area (Å²) in [7, 11) is -0.974. The first-order valence-electron chi connectivity index (χ1n) is 7.71. The molecule has 0 aromatic heterocycles. The maximum Gasteiger partial charge on any atom is 0.317 e. The number of aliphatic hydroxyl groups is 1. The minimum atomic E-state index is -0.974. The van der Waals surface area contributed by atoms with E-state index in [0.717, 1.165) is 24.9 Å². The van der Waals surface area contributed by atoms with Gasteiger partial charge in [-0.1, -0.05) is 30.3 Å². The average molecular weight is 324 g/mol. The van der Waals surface area contributed by atoms with Crippen molar-refractivity contribution in [3.05, 3.63) is 35.9 Å². The Morgan fingerprint density at radius 2 is 2.14 bits per heavy atom. The van der Waals surface area contributed by atoms with Gasteiger partial charge >= 0.3 is 6.03 Å². The smallest absolute Gasteiger partial charge is 0.317 e. The molecule has 0 bridgehead atoms. The highest BCUT2D eigenvalue weighted by Gasteiger charge is 2.22. The number of likely N-dealkylation sites (tertiary alicyclic amines) is 1. The first-order chi connectivity index (χ1) is 10.7. The predicted molar refractivity (Wildman–Crippen MR) is 87.9 cm³/mol. The van der Waals surface area contributed by atoms with Crippen LogP contribution in [0.5, 0.6) is 0 Å². The third-order valence-corrected chi connectivity index (χ3v) is 5.16. The normalized spacial score (nSPS) is 19.7. The van der Waals surface area contributed by atoms with Crippen LogP contribution in [-0.4, -0.2) is 52.2 Å². The van der Waals surface area contributed by atoms with Gasteiger partial charge in [-0.2, -0.15) is 0 Å². The number of aliphatic hydroxyl groups excluding tert-OH is 1. The Hall–Kier alpha value is -1.40. The van der Waals surface area contributed by atoms with Crippen LogP contribution >= 0.6 is 0 Å². The standard InChI is InChI=1S/C16H24N2O3S/c19-12-15-7-4-9-18(11-15)16(20)17-8-10-22(21)13-14-5-2-1-3-6-14/h1-3,5-6,15,19H,4,7-13H2,(H,17,20). The van der Waals surface area contributed by atoms with Gasteiger partial charge in [0.15, 0.2) is 0 Å². The number of hydrogen-bond donors (Lipinski definition) is 2. The van der Waals surface area contributed by atoms with E-state index in [1.807, 2.05) is 30.3 Å². The van der Waals surface area contributed by atoms with E-state index in [4.69, 9.17) is 0 Å². The molecule has 22 heavy (non-hydrogen) atoms. The zero-order valence-electron chi connectivity index (χ0n) is 12.7. The summed E-state index contributed by atoms with van der Waals surface area (Å²) < 4.78 is 12.0. The zero-order chi connectivity index (χ0) is 15.8. The van der Waals surface area contributed by atoms with Crippen molar-refractivity contribution in [1.82, 2.24) is 10.2 Å². The van der Waals surface area contributed by atoms with Crippen molar-refractivity contribution in [1.29, 1.82) is 0 Å². The van der Waals surface area contributed by atoms with Crippen molar-refractivity contribution in [2.75, 3.05) is 32.0 Å². The van der Waals surface area contributed by atoms with E-state index < -0.39 is 10.8 Å². The molecule has 2 N–H and O–H groups in total. The fourth-order valence-electron chi connectivity index (χ4n) is 2.61. The maximum absolute atomic E-state index is 12.0. The average Bonchev–Trinajstić information content (AvgIpc) is 2.55. The Morgan fingerprint density at radius 1 is 1.36 bits per heavy atom. The second-order valence-corrected chi connectivity index (χ2v) is 7.22. The van der Waals surface area contributed by atoms with E-state index in [0.29, 0.717) is 24.6 Å². The van der Waals surface area contributed by atoms with Crippen LogP contribution in [0.1, 0.15) is 18.4 Å². The van der Waals surface area contributed by atoms with Crippen molar-refractivity contribution < 1.29 is 14.1 Å². The lowest BCUT2D eigenvalue weighted by Crippen LogP contribution is -2.46. The lowest BCUT2D eigenvalue weighted by molar-refractivity contribution is 0.130. The summed E-state index contributed by atoms with van der Waals surface area (Å²) in [6.07, 6.45) is 1.90. The minimum Gasteiger partial charge on any atom is -0.396 e. The molecule has 6 heteroatoms. The number of piperidine rings is 1. The number of urea groups is 1. The molecule has 1 aliphatic heterocycles. The second kappa shape index (κ2) is 8.90. The number of benzene rings is 1. The van der Waals surface area contributed by atoms with Gasteiger partial charge in [-0.15, -0.1) is 0 Å². The van der Waals surface area contributed by atoms with Crippen molar-refractivity contribution in [2.45, 2.75) is 18.6 Å². The number of carbonyl (C=O) groups excluding carboxylic acids is 1. The zero-order valence-corrected chi connectivity index (χ0v) is 13.6. The number of hydrogen-bond acceptors (Lipinski definition) is 3. The van der Waals surface area contributed by atoms with Gasteiger partial charge < -0.3 is 15.3 Å². The van der Waals surface area contributed by atoms with Crippen molar-refractivity contribution in [2.24, 2.45) is 5.92 Å². The summed E-state index contributed by atoms with van der Waals surface area (Å²) in [5, 5.41) is 12.0. The molecule has 0 saturated carbocycles. The first kappa shape index (κ1) is 17.0. The summed E-state index contributed by atoms with van der Waals surface area (Å²) in [6.45, 7) is 1.88. The highest BCUT2D eigenvalue weighted by atomic mass is 32.2. The molecule has 1 aromatic rings. The molecule has 5 nitrogen and oxygen atoms in total. The van der Waals surface area contributed by atoms with Crippen LogP contribution in [0.2, 0.25) is 0 Å². The Kier molecular flexibility index (Phi) is 6.86. The first-order valence-corrected chi connectivity index (χ1v) is 9.20. The molecule has 1 aliphatic rings. The third-order valence-electron chi connectivity index (χ3n) is 3.84. The van der Waals surface area contributed by atoms with Gasteiger partial charge in [-0.3, -0.25) is 4.21 Å². The van der Waals surface area contributed by atoms with Crippen molar-refractivity contribution in [3.63, 3.8) is 0 Å². The van der Waals surface area contributed by atoms with Gasteiger partial charge in [-0.05, 0) is 24.3 Å². The van der Waals surface area contributed by atoms with E-state index in [1.54, 1.807) is 4.90 Å². The van der Waals surface area contributed by atoms with E-state index in [2.05, 4.69) is 5.32 Å². The topological polar surface area (TPSA) is 69.6 Å². The van der Waals surface area contributed by atoms with Gasteiger partial charge in [0.2, 0.25) is 0 Å². The third kappa shape index (κ3) is 5.42. The lowest BCUT2D eigenvalue weighted by Gasteiger charge is -2.31. The summed E-state index contributed by atoms with van der Waals surface area (Å²) in [4.78, 5) is 13.8. The largest absolute Gasteiger partial charge is 0.396 e. The van der Waals surface area contributed by atoms with Crippen LogP contribution in [0, 0.1) is 5.92 Å². The van der Waals surface area contributed by atoms with Gasteiger partial charge in [0.25, 0.3) is 0 Å². The number of carbonyl (C=O) groups is 1. The van der Waals surface area contributed by atoms with E-state index in [1.165, 1.54) is 0 Å². The van der Waals surface area contributed by atoms with E-state index in [-0.39, 0.29) is 18.6 Å². The van der Waals surface area contributed by atoms with Gasteiger partial charge in [0.1, 0.15) is 0 Å². The Morgan fingerprint density at radius 3 is 2.86 bits per heavy atom. The maximum atomic E-state index is 12.0. The van der Waals surface area contributed by atoms with Crippen molar-refractivity contribution >= 4 is 16.8 Å². The minimum absolute atomic E-state index is 0.116. The second-order valence-electron chi connectivity index (χ2n) is 5.64. The predicted octanol–water partition coefficient (Wildman–Crippen LogP) is 1.35. The van der Waals surface area contributed by atoms with Crippen LogP contribution < -0.4 is 5.32 Å². The number of amides is 2. The summed E-state index contributed by atoms with van der Waals surface area (Å²) in [5.74, 6) is 1.16. The van der Waals surface area contributed by atoms with E-state index in [9.17, 15) is 14.1 Å². The van der Waals surface area contributed by atoms with E-state index >= 15 is 0 Å². The number of nitrogens with one attached hydrogen (secondary N) is 1. The Balaban J connectivity index is 1.67. The Bertz CT molecular complexity index is 495. The van der Waals surface area contributed by atoms with Crippen LogP contribution in [0.4, 0.5) is 4.79 Å².